The highest BCUT2D eigenvalue weighted by molar-refractivity contribution is 6.30. The van der Waals surface area contributed by atoms with E-state index < -0.39 is 0 Å². The minimum Gasteiger partial charge on any atom is -0.389 e. The van der Waals surface area contributed by atoms with Crippen molar-refractivity contribution in [2.45, 2.75) is 43.5 Å². The molecule has 0 unspecified atom stereocenters. The lowest BCUT2D eigenvalue weighted by molar-refractivity contribution is -0.206. The first-order valence-corrected chi connectivity index (χ1v) is 7.72. The molecule has 0 aromatic carbocycles. The van der Waals surface area contributed by atoms with Gasteiger partial charge in [-0.3, -0.25) is 4.98 Å². The summed E-state index contributed by atoms with van der Waals surface area (Å²) in [4.78, 5) is 10.1. The van der Waals surface area contributed by atoms with Gasteiger partial charge in [0.05, 0.1) is 18.9 Å². The van der Waals surface area contributed by atoms with E-state index in [1.807, 2.05) is 6.07 Å². The van der Waals surface area contributed by atoms with Crippen molar-refractivity contribution in [1.29, 1.82) is 0 Å². The Balaban J connectivity index is 1.46. The van der Waals surface area contributed by atoms with Crippen LogP contribution in [0, 0.1) is 0 Å². The quantitative estimate of drug-likeness (QED) is 0.800. The molecule has 3 aliphatic rings. The van der Waals surface area contributed by atoms with E-state index in [0.717, 1.165) is 43.5 Å². The molecule has 5 nitrogen and oxygen atoms in total. The molecule has 0 radical (unpaired) electrons. The van der Waals surface area contributed by atoms with Gasteiger partial charge in [-0.2, -0.15) is 0 Å². The molecule has 3 heterocycles. The van der Waals surface area contributed by atoms with Crippen molar-refractivity contribution >= 4 is 17.3 Å². The second-order valence-corrected chi connectivity index (χ2v) is 6.39. The Morgan fingerprint density at radius 1 is 1.10 bits per heavy atom. The van der Waals surface area contributed by atoms with Crippen LogP contribution >= 0.6 is 11.6 Å². The molecule has 0 bridgehead atoms. The van der Waals surface area contributed by atoms with Crippen LogP contribution in [0.1, 0.15) is 37.8 Å². The molecule has 0 atom stereocenters. The third-order valence-electron chi connectivity index (χ3n) is 4.59. The molecule has 2 aliphatic heterocycles. The molecule has 1 aromatic rings. The van der Waals surface area contributed by atoms with Gasteiger partial charge in [-0.15, -0.1) is 0 Å². The van der Waals surface area contributed by atoms with Gasteiger partial charge in [0.2, 0.25) is 0 Å². The highest BCUT2D eigenvalue weighted by Crippen LogP contribution is 2.45. The zero-order valence-electron chi connectivity index (χ0n) is 11.7. The van der Waals surface area contributed by atoms with E-state index in [4.69, 9.17) is 25.9 Å². The molecule has 1 saturated heterocycles. The average Bonchev–Trinajstić information content (AvgIpc) is 3.11. The molecule has 2 spiro atoms. The normalized spacial score (nSPS) is 26.0. The maximum Gasteiger partial charge on any atom is 0.168 e. The van der Waals surface area contributed by atoms with Gasteiger partial charge in [-0.05, 0) is 25.0 Å². The predicted octanol–water partition coefficient (Wildman–Crippen LogP) is 2.92. The molecule has 0 amide bonds. The van der Waals surface area contributed by atoms with Crippen LogP contribution in [0.25, 0.3) is 0 Å². The minimum atomic E-state index is -0.369. The van der Waals surface area contributed by atoms with Gasteiger partial charge in [-0.25, -0.2) is 0 Å². The van der Waals surface area contributed by atoms with Gasteiger partial charge in [0, 0.05) is 30.5 Å². The third-order valence-corrected chi connectivity index (χ3v) is 4.83. The molecule has 6 heteroatoms. The van der Waals surface area contributed by atoms with Gasteiger partial charge >= 0.3 is 0 Å². The molecule has 1 aromatic heterocycles. The fraction of sp³-hybridized carbons (Fsp3) is 0.600. The molecule has 1 saturated carbocycles. The first-order chi connectivity index (χ1) is 10.2. The van der Waals surface area contributed by atoms with E-state index >= 15 is 0 Å². The number of hydrogen-bond donors (Lipinski definition) is 0. The fourth-order valence-corrected chi connectivity index (χ4v) is 3.52. The lowest BCUT2D eigenvalue weighted by Gasteiger charge is -2.39. The third kappa shape index (κ3) is 2.43. The zero-order chi connectivity index (χ0) is 14.3. The number of ether oxygens (including phenoxy) is 2. The molecule has 4 rings (SSSR count). The second-order valence-electron chi connectivity index (χ2n) is 5.96. The molecular formula is C15H17ClN2O3. The average molecular weight is 309 g/mol. The topological polar surface area (TPSA) is 52.9 Å². The van der Waals surface area contributed by atoms with E-state index in [9.17, 15) is 0 Å². The number of oxime groups is 1. The highest BCUT2D eigenvalue weighted by Gasteiger charge is 2.50. The van der Waals surface area contributed by atoms with Crippen molar-refractivity contribution in [1.82, 2.24) is 4.98 Å². The molecule has 21 heavy (non-hydrogen) atoms. The van der Waals surface area contributed by atoms with Crippen LogP contribution in [0.4, 0.5) is 0 Å². The van der Waals surface area contributed by atoms with Crippen LogP contribution in [-0.2, 0) is 14.3 Å². The zero-order valence-corrected chi connectivity index (χ0v) is 12.4. The molecule has 1 aliphatic carbocycles. The van der Waals surface area contributed by atoms with E-state index in [-0.39, 0.29) is 11.4 Å². The predicted molar refractivity (Wildman–Crippen MR) is 77.3 cm³/mol. The fourth-order valence-electron chi connectivity index (χ4n) is 3.36. The van der Waals surface area contributed by atoms with Crippen LogP contribution in [-0.4, -0.2) is 35.3 Å². The Bertz CT molecular complexity index is 574. The van der Waals surface area contributed by atoms with Gasteiger partial charge in [0.25, 0.3) is 0 Å². The largest absolute Gasteiger partial charge is 0.389 e. The molecule has 2 fully saturated rings. The summed E-state index contributed by atoms with van der Waals surface area (Å²) in [7, 11) is 0. The summed E-state index contributed by atoms with van der Waals surface area (Å²) in [5.41, 5.74) is 1.45. The summed E-state index contributed by atoms with van der Waals surface area (Å²) in [5.74, 6) is -0.369. The lowest BCUT2D eigenvalue weighted by atomic mass is 9.78. The number of hydrogen-bond acceptors (Lipinski definition) is 5. The van der Waals surface area contributed by atoms with E-state index in [2.05, 4.69) is 10.1 Å². The Hall–Kier alpha value is -1.17. The van der Waals surface area contributed by atoms with Gasteiger partial charge in [-0.1, -0.05) is 16.8 Å². The molecule has 112 valence electrons. The smallest absolute Gasteiger partial charge is 0.168 e. The van der Waals surface area contributed by atoms with Crippen LogP contribution in [0.5, 0.6) is 0 Å². The standard InChI is InChI=1S/C15H17ClN2O3/c16-11-1-6-17-12(9-11)13-10-14(21-18-13)2-4-15(5-3-14)19-7-8-20-15/h1,6,9H,2-5,7-8,10H2. The van der Waals surface area contributed by atoms with Crippen molar-refractivity contribution in [3.05, 3.63) is 29.0 Å². The van der Waals surface area contributed by atoms with Gasteiger partial charge in [0.15, 0.2) is 5.79 Å². The van der Waals surface area contributed by atoms with Crippen LogP contribution < -0.4 is 0 Å². The first-order valence-electron chi connectivity index (χ1n) is 7.34. The number of halogens is 1. The SMILES string of the molecule is Clc1ccnc(C2=NOC3(CCC4(CC3)OCCO4)C2)c1. The minimum absolute atomic E-state index is 0.222. The maximum absolute atomic E-state index is 6.01. The van der Waals surface area contributed by atoms with Crippen LogP contribution in [0.2, 0.25) is 5.02 Å². The number of rotatable bonds is 1. The van der Waals surface area contributed by atoms with Crippen molar-refractivity contribution < 1.29 is 14.3 Å². The van der Waals surface area contributed by atoms with E-state index in [0.29, 0.717) is 18.2 Å². The van der Waals surface area contributed by atoms with E-state index in [1.54, 1.807) is 12.3 Å². The Kier molecular flexibility index (Phi) is 3.17. The summed E-state index contributed by atoms with van der Waals surface area (Å²) in [6.45, 7) is 1.39. The van der Waals surface area contributed by atoms with Gasteiger partial charge < -0.3 is 14.3 Å². The number of nitrogens with zero attached hydrogens (tertiary/aromatic N) is 2. The number of aromatic nitrogens is 1. The van der Waals surface area contributed by atoms with Crippen LogP contribution in [0.15, 0.2) is 23.5 Å². The lowest BCUT2D eigenvalue weighted by Crippen LogP contribution is -2.43. The van der Waals surface area contributed by atoms with Crippen molar-refractivity contribution in [3.8, 4) is 0 Å². The van der Waals surface area contributed by atoms with Crippen molar-refractivity contribution in [2.24, 2.45) is 5.16 Å². The maximum atomic E-state index is 6.01. The summed E-state index contributed by atoms with van der Waals surface area (Å²) in [5, 5.41) is 4.92. The highest BCUT2D eigenvalue weighted by atomic mass is 35.5. The molecular weight excluding hydrogens is 292 g/mol. The summed E-state index contributed by atoms with van der Waals surface area (Å²) < 4.78 is 11.5. The summed E-state index contributed by atoms with van der Waals surface area (Å²) in [6.07, 6.45) is 5.97. The summed E-state index contributed by atoms with van der Waals surface area (Å²) in [6, 6.07) is 3.59. The Labute approximate surface area is 128 Å². The number of pyridine rings is 1. The summed E-state index contributed by atoms with van der Waals surface area (Å²) >= 11 is 6.01. The van der Waals surface area contributed by atoms with Crippen molar-refractivity contribution in [2.75, 3.05) is 13.2 Å². The Morgan fingerprint density at radius 2 is 1.86 bits per heavy atom. The second kappa shape index (κ2) is 4.93. The van der Waals surface area contributed by atoms with Gasteiger partial charge in [0.1, 0.15) is 11.3 Å². The first kappa shape index (κ1) is 13.5. The van der Waals surface area contributed by atoms with Crippen LogP contribution in [0.3, 0.4) is 0 Å². The van der Waals surface area contributed by atoms with Crippen molar-refractivity contribution in [3.63, 3.8) is 0 Å². The molecule has 0 N–H and O–H groups in total. The monoisotopic (exact) mass is 308 g/mol. The van der Waals surface area contributed by atoms with E-state index in [1.165, 1.54) is 0 Å². The Morgan fingerprint density at radius 3 is 2.57 bits per heavy atom.